The molecule has 1 aromatic rings. The van der Waals surface area contributed by atoms with Crippen molar-refractivity contribution in [2.24, 2.45) is 11.7 Å². The molecule has 5 nitrogen and oxygen atoms in total. The predicted molar refractivity (Wildman–Crippen MR) is 67.3 cm³/mol. The second kappa shape index (κ2) is 4.89. The monoisotopic (exact) mass is 255 g/mol. The summed E-state index contributed by atoms with van der Waals surface area (Å²) < 4.78 is 0. The van der Waals surface area contributed by atoms with E-state index in [1.165, 1.54) is 6.07 Å². The Kier molecular flexibility index (Phi) is 3.49. The van der Waals surface area contributed by atoms with Crippen LogP contribution in [-0.2, 0) is 0 Å². The number of nitrogens with two attached hydrogens (primary N) is 1. The summed E-state index contributed by atoms with van der Waals surface area (Å²) in [5, 5.41) is 14.4. The van der Waals surface area contributed by atoms with Crippen molar-refractivity contribution >= 4 is 23.0 Å². The molecule has 1 atom stereocenters. The SMILES string of the molecule is NCC(Nc1ccc(Cl)cc1[N+](=O)[O-])C1CC1. The first-order valence-corrected chi connectivity index (χ1v) is 5.90. The van der Waals surface area contributed by atoms with Crippen molar-refractivity contribution in [1.29, 1.82) is 0 Å². The molecule has 0 spiro atoms. The summed E-state index contributed by atoms with van der Waals surface area (Å²) >= 11 is 5.75. The van der Waals surface area contributed by atoms with Gasteiger partial charge in [0.2, 0.25) is 0 Å². The Morgan fingerprint density at radius 1 is 1.59 bits per heavy atom. The molecule has 0 heterocycles. The summed E-state index contributed by atoms with van der Waals surface area (Å²) in [5.41, 5.74) is 6.14. The summed E-state index contributed by atoms with van der Waals surface area (Å²) in [4.78, 5) is 10.5. The lowest BCUT2D eigenvalue weighted by Gasteiger charge is -2.17. The Bertz CT molecular complexity index is 435. The maximum absolute atomic E-state index is 10.9. The maximum atomic E-state index is 10.9. The van der Waals surface area contributed by atoms with Crippen molar-refractivity contribution in [3.63, 3.8) is 0 Å². The maximum Gasteiger partial charge on any atom is 0.293 e. The highest BCUT2D eigenvalue weighted by Crippen LogP contribution is 2.36. The molecule has 17 heavy (non-hydrogen) atoms. The summed E-state index contributed by atoms with van der Waals surface area (Å²) in [6, 6.07) is 4.72. The highest BCUT2D eigenvalue weighted by atomic mass is 35.5. The van der Waals surface area contributed by atoms with Crippen molar-refractivity contribution in [3.05, 3.63) is 33.3 Å². The van der Waals surface area contributed by atoms with E-state index >= 15 is 0 Å². The van der Waals surface area contributed by atoms with Gasteiger partial charge in [0.25, 0.3) is 5.69 Å². The first-order chi connectivity index (χ1) is 8.11. The van der Waals surface area contributed by atoms with Crippen LogP contribution in [0.2, 0.25) is 5.02 Å². The van der Waals surface area contributed by atoms with Crippen LogP contribution in [0.3, 0.4) is 0 Å². The minimum absolute atomic E-state index is 0.00315. The second-order valence-corrected chi connectivity index (χ2v) is 4.68. The van der Waals surface area contributed by atoms with Crippen LogP contribution in [0.15, 0.2) is 18.2 Å². The van der Waals surface area contributed by atoms with Crippen LogP contribution in [0, 0.1) is 16.0 Å². The van der Waals surface area contributed by atoms with Crippen LogP contribution >= 0.6 is 11.6 Å². The Labute approximate surface area is 104 Å². The fourth-order valence-corrected chi connectivity index (χ4v) is 2.01. The van der Waals surface area contributed by atoms with Gasteiger partial charge < -0.3 is 11.1 Å². The van der Waals surface area contributed by atoms with Gasteiger partial charge in [0.05, 0.1) is 4.92 Å². The molecule has 1 aliphatic rings. The predicted octanol–water partition coefficient (Wildman–Crippen LogP) is 2.40. The third-order valence-electron chi connectivity index (χ3n) is 2.94. The number of hydrogen-bond donors (Lipinski definition) is 2. The van der Waals surface area contributed by atoms with E-state index in [4.69, 9.17) is 17.3 Å². The smallest absolute Gasteiger partial charge is 0.293 e. The average molecular weight is 256 g/mol. The first kappa shape index (κ1) is 12.1. The number of nitro benzene ring substituents is 1. The van der Waals surface area contributed by atoms with Gasteiger partial charge in [-0.15, -0.1) is 0 Å². The van der Waals surface area contributed by atoms with Crippen LogP contribution in [0.1, 0.15) is 12.8 Å². The molecule has 0 aliphatic heterocycles. The number of nitro groups is 1. The highest BCUT2D eigenvalue weighted by molar-refractivity contribution is 6.30. The number of hydrogen-bond acceptors (Lipinski definition) is 4. The van der Waals surface area contributed by atoms with Crippen molar-refractivity contribution < 1.29 is 4.92 Å². The lowest BCUT2D eigenvalue weighted by molar-refractivity contribution is -0.384. The molecule has 1 aliphatic carbocycles. The van der Waals surface area contributed by atoms with E-state index in [1.54, 1.807) is 12.1 Å². The van der Waals surface area contributed by atoms with Crippen LogP contribution in [0.5, 0.6) is 0 Å². The molecule has 0 aromatic heterocycles. The van der Waals surface area contributed by atoms with Gasteiger partial charge in [-0.2, -0.15) is 0 Å². The third-order valence-corrected chi connectivity index (χ3v) is 3.18. The third kappa shape index (κ3) is 2.87. The number of rotatable bonds is 5. The van der Waals surface area contributed by atoms with E-state index in [9.17, 15) is 10.1 Å². The molecule has 0 bridgehead atoms. The van der Waals surface area contributed by atoms with Crippen LogP contribution in [0.25, 0.3) is 0 Å². The molecule has 1 fully saturated rings. The number of anilines is 1. The van der Waals surface area contributed by atoms with E-state index in [0.29, 0.717) is 23.2 Å². The molecule has 6 heteroatoms. The number of benzene rings is 1. The Hall–Kier alpha value is -1.33. The van der Waals surface area contributed by atoms with Crippen molar-refractivity contribution in [2.45, 2.75) is 18.9 Å². The Balaban J connectivity index is 2.21. The van der Waals surface area contributed by atoms with E-state index in [-0.39, 0.29) is 11.7 Å². The zero-order valence-corrected chi connectivity index (χ0v) is 9.98. The minimum atomic E-state index is -0.436. The Morgan fingerprint density at radius 2 is 2.29 bits per heavy atom. The molecule has 92 valence electrons. The average Bonchev–Trinajstić information content (AvgIpc) is 3.11. The van der Waals surface area contributed by atoms with Gasteiger partial charge in [-0.3, -0.25) is 10.1 Å². The van der Waals surface area contributed by atoms with Crippen molar-refractivity contribution in [3.8, 4) is 0 Å². The second-order valence-electron chi connectivity index (χ2n) is 4.24. The van der Waals surface area contributed by atoms with E-state index in [0.717, 1.165) is 12.8 Å². The molecule has 0 amide bonds. The number of nitrogens with one attached hydrogen (secondary N) is 1. The zero-order chi connectivity index (χ0) is 12.4. The minimum Gasteiger partial charge on any atom is -0.375 e. The molecule has 1 unspecified atom stereocenters. The fraction of sp³-hybridized carbons (Fsp3) is 0.455. The van der Waals surface area contributed by atoms with Gasteiger partial charge in [-0.1, -0.05) is 11.6 Å². The van der Waals surface area contributed by atoms with Crippen LogP contribution in [-0.4, -0.2) is 17.5 Å². The molecule has 1 aromatic carbocycles. The normalized spacial score (nSPS) is 16.6. The highest BCUT2D eigenvalue weighted by Gasteiger charge is 2.31. The first-order valence-electron chi connectivity index (χ1n) is 5.52. The standard InChI is InChI=1S/C11H14ClN3O2/c12-8-3-4-9(11(5-8)15(16)17)14-10(6-13)7-1-2-7/h3-5,7,10,14H,1-2,6,13H2. The van der Waals surface area contributed by atoms with E-state index in [1.807, 2.05) is 0 Å². The molecule has 0 saturated heterocycles. The van der Waals surface area contributed by atoms with Crippen molar-refractivity contribution in [1.82, 2.24) is 0 Å². The summed E-state index contributed by atoms with van der Waals surface area (Å²) in [5.74, 6) is 0.537. The van der Waals surface area contributed by atoms with E-state index in [2.05, 4.69) is 5.32 Å². The zero-order valence-electron chi connectivity index (χ0n) is 9.23. The van der Waals surface area contributed by atoms with E-state index < -0.39 is 4.92 Å². The van der Waals surface area contributed by atoms with Gasteiger partial charge in [-0.25, -0.2) is 0 Å². The fourth-order valence-electron chi connectivity index (χ4n) is 1.85. The molecular formula is C11H14ClN3O2. The lowest BCUT2D eigenvalue weighted by Crippen LogP contribution is -2.31. The van der Waals surface area contributed by atoms with Crippen LogP contribution in [0.4, 0.5) is 11.4 Å². The number of nitrogens with zero attached hydrogens (tertiary/aromatic N) is 1. The lowest BCUT2D eigenvalue weighted by atomic mass is 10.1. The summed E-state index contributed by atoms with van der Waals surface area (Å²) in [7, 11) is 0. The molecular weight excluding hydrogens is 242 g/mol. The summed E-state index contributed by atoms with van der Waals surface area (Å²) in [6.45, 7) is 0.477. The largest absolute Gasteiger partial charge is 0.375 e. The molecule has 0 radical (unpaired) electrons. The molecule has 3 N–H and O–H groups in total. The number of halogens is 1. The topological polar surface area (TPSA) is 81.2 Å². The van der Waals surface area contributed by atoms with Crippen LogP contribution < -0.4 is 11.1 Å². The van der Waals surface area contributed by atoms with Gasteiger partial charge in [-0.05, 0) is 30.9 Å². The summed E-state index contributed by atoms with van der Waals surface area (Å²) in [6.07, 6.45) is 2.27. The molecule has 1 saturated carbocycles. The molecule has 2 rings (SSSR count). The Morgan fingerprint density at radius 3 is 2.82 bits per heavy atom. The quantitative estimate of drug-likeness (QED) is 0.625. The van der Waals surface area contributed by atoms with Gasteiger partial charge in [0, 0.05) is 23.7 Å². The van der Waals surface area contributed by atoms with Gasteiger partial charge in [0.15, 0.2) is 0 Å². The van der Waals surface area contributed by atoms with Gasteiger partial charge >= 0.3 is 0 Å². The van der Waals surface area contributed by atoms with Crippen molar-refractivity contribution in [2.75, 3.05) is 11.9 Å². The van der Waals surface area contributed by atoms with Gasteiger partial charge in [0.1, 0.15) is 5.69 Å².